The van der Waals surface area contributed by atoms with Gasteiger partial charge in [-0.2, -0.15) is 0 Å². The lowest BCUT2D eigenvalue weighted by atomic mass is 10.2. The topological polar surface area (TPSA) is 111 Å². The number of ether oxygens (including phenoxy) is 2. The van der Waals surface area contributed by atoms with Crippen molar-refractivity contribution in [1.82, 2.24) is 9.97 Å². The Hall–Kier alpha value is -4.72. The first-order valence-corrected chi connectivity index (χ1v) is 10.0. The molecule has 8 nitrogen and oxygen atoms in total. The molecule has 0 unspecified atom stereocenters. The molecule has 0 bridgehead atoms. The van der Waals surface area contributed by atoms with Crippen molar-refractivity contribution in [2.75, 3.05) is 5.32 Å². The highest BCUT2D eigenvalue weighted by atomic mass is 16.5. The van der Waals surface area contributed by atoms with Crippen molar-refractivity contribution >= 4 is 34.3 Å². The van der Waals surface area contributed by atoms with E-state index in [-0.39, 0.29) is 12.2 Å². The zero-order valence-electron chi connectivity index (χ0n) is 17.3. The number of aliphatic carboxylic acids is 1. The van der Waals surface area contributed by atoms with Crippen LogP contribution in [0.25, 0.3) is 10.9 Å². The van der Waals surface area contributed by atoms with Gasteiger partial charge < -0.3 is 19.9 Å². The number of carboxylic acids is 1. The summed E-state index contributed by atoms with van der Waals surface area (Å²) in [5, 5.41) is 12.5. The fraction of sp³-hybridized carbons (Fsp3) is 0.0400. The summed E-state index contributed by atoms with van der Waals surface area (Å²) in [6.07, 6.45) is 3.49. The molecule has 8 heteroatoms. The van der Waals surface area contributed by atoms with Crippen molar-refractivity contribution in [1.29, 1.82) is 0 Å². The maximum Gasteiger partial charge on any atom is 0.335 e. The van der Waals surface area contributed by atoms with Crippen molar-refractivity contribution in [3.63, 3.8) is 0 Å². The van der Waals surface area contributed by atoms with E-state index in [9.17, 15) is 9.59 Å². The molecule has 0 fully saturated rings. The van der Waals surface area contributed by atoms with E-state index in [0.717, 1.165) is 17.5 Å². The fourth-order valence-corrected chi connectivity index (χ4v) is 2.97. The van der Waals surface area contributed by atoms with E-state index < -0.39 is 11.9 Å². The third kappa shape index (κ3) is 5.92. The Morgan fingerprint density at radius 3 is 2.39 bits per heavy atom. The number of carbonyl (C=O) groups excluding carboxylic acids is 1. The molecule has 1 heterocycles. The van der Waals surface area contributed by atoms with Crippen LogP contribution in [0.3, 0.4) is 0 Å². The van der Waals surface area contributed by atoms with Gasteiger partial charge in [0, 0.05) is 17.1 Å². The molecule has 0 aliphatic carbocycles. The van der Waals surface area contributed by atoms with E-state index in [0.29, 0.717) is 22.5 Å². The standard InChI is InChI=1S/C25H19N3O5/c29-23(30)7-4-8-24(31)33-20-13-14-22-21(15-20)25(27-16-26-22)28-17-9-11-19(12-10-17)32-18-5-2-1-3-6-18/h1-6,8-16H,7H2,(H,29,30)(H,26,27,28). The van der Waals surface area contributed by atoms with E-state index in [4.69, 9.17) is 14.6 Å². The zero-order chi connectivity index (χ0) is 23.0. The Kier molecular flexibility index (Phi) is 6.56. The number of carboxylic acid groups (broad SMARTS) is 1. The van der Waals surface area contributed by atoms with Gasteiger partial charge in [-0.05, 0) is 54.6 Å². The average molecular weight is 441 g/mol. The van der Waals surface area contributed by atoms with Crippen LogP contribution in [0.1, 0.15) is 6.42 Å². The van der Waals surface area contributed by atoms with Crippen molar-refractivity contribution in [2.24, 2.45) is 0 Å². The van der Waals surface area contributed by atoms with Crippen LogP contribution in [-0.4, -0.2) is 27.0 Å². The Bertz CT molecular complexity index is 1300. The van der Waals surface area contributed by atoms with E-state index in [2.05, 4.69) is 15.3 Å². The summed E-state index contributed by atoms with van der Waals surface area (Å²) in [4.78, 5) is 31.0. The molecule has 3 aromatic carbocycles. The van der Waals surface area contributed by atoms with Crippen LogP contribution in [0, 0.1) is 0 Å². The number of fused-ring (bicyclic) bond motifs is 1. The number of nitrogens with zero attached hydrogens (tertiary/aromatic N) is 2. The van der Waals surface area contributed by atoms with Crippen LogP contribution in [0.2, 0.25) is 0 Å². The smallest absolute Gasteiger partial charge is 0.335 e. The number of anilines is 2. The van der Waals surface area contributed by atoms with Gasteiger partial charge >= 0.3 is 11.9 Å². The molecule has 33 heavy (non-hydrogen) atoms. The molecule has 0 atom stereocenters. The summed E-state index contributed by atoms with van der Waals surface area (Å²) in [6, 6.07) is 21.9. The molecule has 2 N–H and O–H groups in total. The maximum absolute atomic E-state index is 11.9. The summed E-state index contributed by atoms with van der Waals surface area (Å²) in [7, 11) is 0. The molecule has 0 saturated heterocycles. The Balaban J connectivity index is 1.49. The van der Waals surface area contributed by atoms with Gasteiger partial charge in [-0.15, -0.1) is 0 Å². The Morgan fingerprint density at radius 1 is 0.909 bits per heavy atom. The molecule has 0 aliphatic heterocycles. The third-order valence-electron chi connectivity index (χ3n) is 4.47. The van der Waals surface area contributed by atoms with Crippen LogP contribution >= 0.6 is 0 Å². The molecule has 164 valence electrons. The lowest BCUT2D eigenvalue weighted by molar-refractivity contribution is -0.136. The quantitative estimate of drug-likeness (QED) is 0.221. The second-order valence-corrected chi connectivity index (χ2v) is 6.89. The number of hydrogen-bond donors (Lipinski definition) is 2. The number of aromatic nitrogens is 2. The first-order valence-electron chi connectivity index (χ1n) is 10.0. The lowest BCUT2D eigenvalue weighted by Gasteiger charge is -2.11. The highest BCUT2D eigenvalue weighted by Gasteiger charge is 2.08. The first kappa shape index (κ1) is 21.5. The Morgan fingerprint density at radius 2 is 1.64 bits per heavy atom. The number of nitrogens with one attached hydrogen (secondary N) is 1. The number of esters is 1. The van der Waals surface area contributed by atoms with Gasteiger partial charge in [-0.1, -0.05) is 24.3 Å². The highest BCUT2D eigenvalue weighted by molar-refractivity contribution is 5.92. The molecule has 4 aromatic rings. The molecule has 1 aromatic heterocycles. The van der Waals surface area contributed by atoms with Gasteiger partial charge in [-0.3, -0.25) is 4.79 Å². The zero-order valence-corrected chi connectivity index (χ0v) is 17.3. The number of para-hydroxylation sites is 1. The summed E-state index contributed by atoms with van der Waals surface area (Å²) >= 11 is 0. The van der Waals surface area contributed by atoms with Gasteiger partial charge in [0.2, 0.25) is 0 Å². The van der Waals surface area contributed by atoms with Gasteiger partial charge in [0.1, 0.15) is 29.4 Å². The van der Waals surface area contributed by atoms with Crippen LogP contribution in [-0.2, 0) is 9.59 Å². The largest absolute Gasteiger partial charge is 0.481 e. The van der Waals surface area contributed by atoms with E-state index in [1.807, 2.05) is 54.6 Å². The minimum Gasteiger partial charge on any atom is -0.481 e. The average Bonchev–Trinajstić information content (AvgIpc) is 2.81. The number of carbonyl (C=O) groups is 2. The third-order valence-corrected chi connectivity index (χ3v) is 4.47. The number of hydrogen-bond acceptors (Lipinski definition) is 7. The summed E-state index contributed by atoms with van der Waals surface area (Å²) < 4.78 is 11.1. The van der Waals surface area contributed by atoms with E-state index in [1.165, 1.54) is 12.4 Å². The molecular formula is C25H19N3O5. The van der Waals surface area contributed by atoms with Gasteiger partial charge in [0.25, 0.3) is 0 Å². The highest BCUT2D eigenvalue weighted by Crippen LogP contribution is 2.28. The Labute approximate surface area is 189 Å². The van der Waals surface area contributed by atoms with Gasteiger partial charge in [-0.25, -0.2) is 14.8 Å². The second kappa shape index (κ2) is 10.1. The summed E-state index contributed by atoms with van der Waals surface area (Å²) in [5.41, 5.74) is 1.45. The summed E-state index contributed by atoms with van der Waals surface area (Å²) in [5.74, 6) is 0.575. The van der Waals surface area contributed by atoms with Crippen molar-refractivity contribution < 1.29 is 24.2 Å². The molecule has 0 spiro atoms. The SMILES string of the molecule is O=C(O)CC=CC(=O)Oc1ccc2ncnc(Nc3ccc(Oc4ccccc4)cc3)c2c1. The molecular weight excluding hydrogens is 422 g/mol. The normalized spacial score (nSPS) is 10.8. The molecule has 4 rings (SSSR count). The van der Waals surface area contributed by atoms with Gasteiger partial charge in [0.05, 0.1) is 11.9 Å². The van der Waals surface area contributed by atoms with Crippen LogP contribution in [0.15, 0.2) is 91.3 Å². The minimum atomic E-state index is -1.03. The van der Waals surface area contributed by atoms with Crippen molar-refractivity contribution in [2.45, 2.75) is 6.42 Å². The monoisotopic (exact) mass is 441 g/mol. The van der Waals surface area contributed by atoms with E-state index >= 15 is 0 Å². The predicted molar refractivity (Wildman–Crippen MR) is 123 cm³/mol. The fourth-order valence-electron chi connectivity index (χ4n) is 2.97. The maximum atomic E-state index is 11.9. The molecule has 0 radical (unpaired) electrons. The molecule has 0 amide bonds. The second-order valence-electron chi connectivity index (χ2n) is 6.89. The lowest BCUT2D eigenvalue weighted by Crippen LogP contribution is -2.04. The van der Waals surface area contributed by atoms with Crippen molar-refractivity contribution in [3.8, 4) is 17.2 Å². The predicted octanol–water partition coefficient (Wildman–Crippen LogP) is 5.10. The van der Waals surface area contributed by atoms with Crippen molar-refractivity contribution in [3.05, 3.63) is 91.3 Å². The van der Waals surface area contributed by atoms with E-state index in [1.54, 1.807) is 18.2 Å². The number of rotatable bonds is 8. The minimum absolute atomic E-state index is 0.260. The first-order chi connectivity index (χ1) is 16.1. The summed E-state index contributed by atoms with van der Waals surface area (Å²) in [6.45, 7) is 0. The molecule has 0 saturated carbocycles. The van der Waals surface area contributed by atoms with Crippen LogP contribution in [0.5, 0.6) is 17.2 Å². The number of benzene rings is 3. The van der Waals surface area contributed by atoms with Gasteiger partial charge in [0.15, 0.2) is 0 Å². The molecule has 0 aliphatic rings. The van der Waals surface area contributed by atoms with Crippen LogP contribution < -0.4 is 14.8 Å². The van der Waals surface area contributed by atoms with Crippen LogP contribution in [0.4, 0.5) is 11.5 Å².